The molecule has 0 radical (unpaired) electrons. The number of carbonyl (C=O) groups is 2. The molecule has 0 fully saturated rings. The summed E-state index contributed by atoms with van der Waals surface area (Å²) in [6, 6.07) is 11.8. The summed E-state index contributed by atoms with van der Waals surface area (Å²) < 4.78 is 32.7. The molecular weight excluding hydrogens is 406 g/mol. The highest BCUT2D eigenvalue weighted by Gasteiger charge is 2.24. The van der Waals surface area contributed by atoms with Gasteiger partial charge in [-0.3, -0.25) is 9.59 Å². The zero-order valence-corrected chi connectivity index (χ0v) is 18.2. The van der Waals surface area contributed by atoms with Crippen LogP contribution in [0.1, 0.15) is 38.8 Å². The monoisotopic (exact) mass is 433 g/mol. The van der Waals surface area contributed by atoms with E-state index in [-0.39, 0.29) is 16.8 Å². The maximum atomic E-state index is 12.6. The lowest BCUT2D eigenvalue weighted by molar-refractivity contribution is -0.123. The predicted molar refractivity (Wildman–Crippen MR) is 115 cm³/mol. The summed E-state index contributed by atoms with van der Waals surface area (Å²) in [5.74, 6) is 0.0260. The van der Waals surface area contributed by atoms with Crippen LogP contribution in [0.2, 0.25) is 0 Å². The topological polar surface area (TPSA) is 114 Å². The number of sulfonamides is 1. The Balaban J connectivity index is 2.04. The first-order chi connectivity index (χ1) is 14.2. The van der Waals surface area contributed by atoms with Gasteiger partial charge in [-0.05, 0) is 55.3 Å². The number of methoxy groups -OCH3 is 1. The molecule has 0 spiro atoms. The lowest BCUT2D eigenvalue weighted by atomic mass is 10.0. The van der Waals surface area contributed by atoms with Crippen molar-refractivity contribution in [3.05, 3.63) is 54.1 Å². The Morgan fingerprint density at radius 1 is 1.03 bits per heavy atom. The van der Waals surface area contributed by atoms with E-state index < -0.39 is 22.0 Å². The molecule has 0 heterocycles. The number of benzene rings is 2. The molecule has 0 aliphatic heterocycles. The minimum Gasteiger partial charge on any atom is -0.497 e. The van der Waals surface area contributed by atoms with Gasteiger partial charge in [0.15, 0.2) is 0 Å². The number of hydrogen-bond donors (Lipinski definition) is 3. The van der Waals surface area contributed by atoms with Crippen LogP contribution >= 0.6 is 0 Å². The largest absolute Gasteiger partial charge is 0.497 e. The molecule has 2 aromatic carbocycles. The smallest absolute Gasteiger partial charge is 0.241 e. The second-order valence-corrected chi connectivity index (χ2v) is 8.51. The molecule has 2 aromatic rings. The molecule has 30 heavy (non-hydrogen) atoms. The second-order valence-electron chi connectivity index (χ2n) is 6.79. The number of carbonyl (C=O) groups excluding carboxylic acids is 2. The van der Waals surface area contributed by atoms with Crippen molar-refractivity contribution in [2.24, 2.45) is 0 Å². The third-order valence-corrected chi connectivity index (χ3v) is 6.01. The van der Waals surface area contributed by atoms with Gasteiger partial charge in [0.25, 0.3) is 0 Å². The SMILES string of the molecule is CCC(NC(=O)[C@H](C)NS(=O)(=O)c1ccc(NC(C)=O)cc1)c1ccc(OC)cc1. The van der Waals surface area contributed by atoms with Gasteiger partial charge >= 0.3 is 0 Å². The molecule has 9 heteroatoms. The van der Waals surface area contributed by atoms with Crippen LogP contribution in [0.4, 0.5) is 5.69 Å². The summed E-state index contributed by atoms with van der Waals surface area (Å²) in [5.41, 5.74) is 1.38. The molecule has 0 aliphatic carbocycles. The van der Waals surface area contributed by atoms with E-state index >= 15 is 0 Å². The van der Waals surface area contributed by atoms with E-state index in [1.165, 1.54) is 38.1 Å². The Morgan fingerprint density at radius 2 is 1.63 bits per heavy atom. The van der Waals surface area contributed by atoms with E-state index in [0.717, 1.165) is 5.56 Å². The first kappa shape index (κ1) is 23.4. The van der Waals surface area contributed by atoms with Gasteiger partial charge in [0.1, 0.15) is 5.75 Å². The first-order valence-corrected chi connectivity index (χ1v) is 11.0. The lowest BCUT2D eigenvalue weighted by Crippen LogP contribution is -2.45. The lowest BCUT2D eigenvalue weighted by Gasteiger charge is -2.21. The molecule has 2 atom stereocenters. The molecule has 0 bridgehead atoms. The van der Waals surface area contributed by atoms with Crippen molar-refractivity contribution >= 4 is 27.5 Å². The molecule has 8 nitrogen and oxygen atoms in total. The second kappa shape index (κ2) is 10.2. The van der Waals surface area contributed by atoms with Crippen molar-refractivity contribution in [1.29, 1.82) is 0 Å². The van der Waals surface area contributed by atoms with Gasteiger partial charge in [-0.15, -0.1) is 0 Å². The molecule has 2 rings (SSSR count). The quantitative estimate of drug-likeness (QED) is 0.562. The first-order valence-electron chi connectivity index (χ1n) is 9.50. The molecular formula is C21H27N3O5S. The molecule has 162 valence electrons. The Bertz CT molecular complexity index is 973. The highest BCUT2D eigenvalue weighted by Crippen LogP contribution is 2.20. The van der Waals surface area contributed by atoms with Gasteiger partial charge in [0.05, 0.1) is 24.1 Å². The van der Waals surface area contributed by atoms with Crippen molar-refractivity contribution < 1.29 is 22.7 Å². The molecule has 0 aliphatic rings. The Kier molecular flexibility index (Phi) is 7.96. The molecule has 0 saturated carbocycles. The molecule has 3 N–H and O–H groups in total. The van der Waals surface area contributed by atoms with Crippen LogP contribution in [0.25, 0.3) is 0 Å². The standard InChI is InChI=1S/C21H27N3O5S/c1-5-20(16-6-10-18(29-4)11-7-16)23-21(26)14(2)24-30(27,28)19-12-8-17(9-13-19)22-15(3)25/h6-14,20,24H,5H2,1-4H3,(H,22,25)(H,23,26)/t14-,20?/m0/s1. The van der Waals surface area contributed by atoms with E-state index in [1.807, 2.05) is 19.1 Å². The van der Waals surface area contributed by atoms with Gasteiger partial charge in [-0.2, -0.15) is 4.72 Å². The average Bonchev–Trinajstić information content (AvgIpc) is 2.71. The van der Waals surface area contributed by atoms with Crippen LogP contribution < -0.4 is 20.1 Å². The van der Waals surface area contributed by atoms with Crippen LogP contribution in [0.5, 0.6) is 5.75 Å². The van der Waals surface area contributed by atoms with E-state index in [9.17, 15) is 18.0 Å². The third kappa shape index (κ3) is 6.30. The van der Waals surface area contributed by atoms with Crippen molar-refractivity contribution in [3.8, 4) is 5.75 Å². The Labute approximate surface area is 177 Å². The fourth-order valence-electron chi connectivity index (χ4n) is 2.83. The third-order valence-electron chi connectivity index (χ3n) is 4.45. The van der Waals surface area contributed by atoms with Crippen LogP contribution in [0.3, 0.4) is 0 Å². The van der Waals surface area contributed by atoms with Gasteiger partial charge in [-0.1, -0.05) is 19.1 Å². The average molecular weight is 434 g/mol. The molecule has 0 saturated heterocycles. The van der Waals surface area contributed by atoms with Crippen LogP contribution in [-0.2, 0) is 19.6 Å². The molecule has 0 aromatic heterocycles. The summed E-state index contributed by atoms with van der Waals surface area (Å²) in [4.78, 5) is 23.7. The van der Waals surface area contributed by atoms with Gasteiger partial charge in [-0.25, -0.2) is 8.42 Å². The summed E-state index contributed by atoms with van der Waals surface area (Å²) >= 11 is 0. The summed E-state index contributed by atoms with van der Waals surface area (Å²) in [6.45, 7) is 4.78. The molecule has 2 amide bonds. The summed E-state index contributed by atoms with van der Waals surface area (Å²) in [6.07, 6.45) is 0.641. The van der Waals surface area contributed by atoms with Crippen molar-refractivity contribution in [3.63, 3.8) is 0 Å². The zero-order chi connectivity index (χ0) is 22.3. The van der Waals surface area contributed by atoms with Crippen molar-refractivity contribution in [1.82, 2.24) is 10.0 Å². The molecule has 1 unspecified atom stereocenters. The van der Waals surface area contributed by atoms with Crippen molar-refractivity contribution in [2.75, 3.05) is 12.4 Å². The Morgan fingerprint density at radius 3 is 2.13 bits per heavy atom. The number of rotatable bonds is 9. The maximum absolute atomic E-state index is 12.6. The number of nitrogens with one attached hydrogen (secondary N) is 3. The van der Waals surface area contributed by atoms with Crippen LogP contribution in [0.15, 0.2) is 53.4 Å². The highest BCUT2D eigenvalue weighted by molar-refractivity contribution is 7.89. The normalized spacial score (nSPS) is 13.2. The van der Waals surface area contributed by atoms with E-state index in [2.05, 4.69) is 15.4 Å². The minimum absolute atomic E-state index is 0.00144. The predicted octanol–water partition coefficient (Wildman–Crippen LogP) is 2.59. The minimum atomic E-state index is -3.91. The number of hydrogen-bond acceptors (Lipinski definition) is 5. The zero-order valence-electron chi connectivity index (χ0n) is 17.4. The van der Waals surface area contributed by atoms with E-state index in [4.69, 9.17) is 4.74 Å². The van der Waals surface area contributed by atoms with Crippen molar-refractivity contribution in [2.45, 2.75) is 44.2 Å². The van der Waals surface area contributed by atoms with Gasteiger partial charge in [0, 0.05) is 12.6 Å². The van der Waals surface area contributed by atoms with Gasteiger partial charge in [0.2, 0.25) is 21.8 Å². The fourth-order valence-corrected chi connectivity index (χ4v) is 4.03. The van der Waals surface area contributed by atoms with Gasteiger partial charge < -0.3 is 15.4 Å². The number of amides is 2. The summed E-state index contributed by atoms with van der Waals surface area (Å²) in [7, 11) is -2.33. The van der Waals surface area contributed by atoms with E-state index in [0.29, 0.717) is 17.9 Å². The van der Waals surface area contributed by atoms with E-state index in [1.54, 1.807) is 19.2 Å². The maximum Gasteiger partial charge on any atom is 0.241 e. The Hall–Kier alpha value is -2.91. The fraction of sp³-hybridized carbons (Fsp3) is 0.333. The van der Waals surface area contributed by atoms with Crippen LogP contribution in [0, 0.1) is 0 Å². The number of anilines is 1. The highest BCUT2D eigenvalue weighted by atomic mass is 32.2. The number of ether oxygens (including phenoxy) is 1. The summed E-state index contributed by atoms with van der Waals surface area (Å²) in [5, 5.41) is 5.44. The van der Waals surface area contributed by atoms with Crippen LogP contribution in [-0.4, -0.2) is 33.4 Å².